The topological polar surface area (TPSA) is 127 Å². The molecule has 1 atom stereocenters. The van der Waals surface area contributed by atoms with E-state index in [2.05, 4.69) is 30.7 Å². The van der Waals surface area contributed by atoms with E-state index in [0.29, 0.717) is 37.6 Å². The molecule has 11 heteroatoms. The summed E-state index contributed by atoms with van der Waals surface area (Å²) in [7, 11) is 0. The molecule has 0 bridgehead atoms. The zero-order chi connectivity index (χ0) is 25.6. The van der Waals surface area contributed by atoms with Crippen LogP contribution in [0, 0.1) is 0 Å². The van der Waals surface area contributed by atoms with Crippen molar-refractivity contribution in [1.82, 2.24) is 34.8 Å². The third-order valence-electron chi connectivity index (χ3n) is 6.07. The summed E-state index contributed by atoms with van der Waals surface area (Å²) in [6.07, 6.45) is 8.68. The molecule has 190 valence electrons. The summed E-state index contributed by atoms with van der Waals surface area (Å²) in [6, 6.07) is 10.7. The number of rotatable bonds is 8. The molecule has 0 saturated carbocycles. The molecule has 2 N–H and O–H groups in total. The molecule has 0 spiro atoms. The highest BCUT2D eigenvalue weighted by molar-refractivity contribution is 5.95. The van der Waals surface area contributed by atoms with Crippen molar-refractivity contribution in [2.45, 2.75) is 32.4 Å². The van der Waals surface area contributed by atoms with Crippen molar-refractivity contribution in [3.63, 3.8) is 0 Å². The minimum Gasteiger partial charge on any atom is -0.376 e. The van der Waals surface area contributed by atoms with Crippen LogP contribution in [0.2, 0.25) is 0 Å². The Balaban J connectivity index is 1.56. The average Bonchev–Trinajstić information content (AvgIpc) is 3.58. The van der Waals surface area contributed by atoms with Crippen molar-refractivity contribution in [2.75, 3.05) is 25.0 Å². The third kappa shape index (κ3) is 5.72. The monoisotopic (exact) mass is 500 g/mol. The van der Waals surface area contributed by atoms with Gasteiger partial charge in [-0.15, -0.1) is 5.10 Å². The van der Waals surface area contributed by atoms with Crippen molar-refractivity contribution < 1.29 is 14.3 Å². The maximum atomic E-state index is 14.1. The second kappa shape index (κ2) is 11.1. The van der Waals surface area contributed by atoms with Gasteiger partial charge in [0.1, 0.15) is 5.69 Å². The van der Waals surface area contributed by atoms with Crippen LogP contribution in [0.4, 0.5) is 10.7 Å². The van der Waals surface area contributed by atoms with Crippen LogP contribution in [-0.4, -0.2) is 67.2 Å². The number of ether oxygens (including phenoxy) is 1. The highest BCUT2D eigenvalue weighted by atomic mass is 16.5. The smallest absolute Gasteiger partial charge is 0.321 e. The van der Waals surface area contributed by atoms with Crippen LogP contribution >= 0.6 is 0 Å². The molecule has 3 amide bonds. The molecular weight excluding hydrogens is 472 g/mol. The Morgan fingerprint density at radius 1 is 1.14 bits per heavy atom. The van der Waals surface area contributed by atoms with Gasteiger partial charge in [-0.3, -0.25) is 20.1 Å². The number of fused-ring (bicyclic) bond motifs is 1. The minimum absolute atomic E-state index is 0.0338. The van der Waals surface area contributed by atoms with E-state index < -0.39 is 6.03 Å². The predicted octanol–water partition coefficient (Wildman–Crippen LogP) is 3.15. The normalized spacial score (nSPS) is 15.0. The van der Waals surface area contributed by atoms with Crippen LogP contribution in [0.25, 0.3) is 16.8 Å². The first-order valence-electron chi connectivity index (χ1n) is 12.3. The molecule has 5 heterocycles. The standard InChI is InChI=1S/C26H28N8O3/c1-2-29-26(36)31-25-30-23-14-20(19-5-3-9-28-15-19)13-22(34(23)32-25)24(35)33(17-21-6-4-12-37-21)16-18-7-10-27-11-8-18/h3,5,7-11,13-15,21H,2,4,6,12,16-17H2,1H3,(H2,29,31,32,36). The van der Waals surface area contributed by atoms with Crippen LogP contribution in [0.5, 0.6) is 0 Å². The predicted molar refractivity (Wildman–Crippen MR) is 137 cm³/mol. The number of hydrogen-bond acceptors (Lipinski definition) is 7. The Morgan fingerprint density at radius 2 is 2.00 bits per heavy atom. The van der Waals surface area contributed by atoms with Crippen LogP contribution in [0.3, 0.4) is 0 Å². The second-order valence-electron chi connectivity index (χ2n) is 8.74. The summed E-state index contributed by atoms with van der Waals surface area (Å²) < 4.78 is 7.33. The summed E-state index contributed by atoms with van der Waals surface area (Å²) >= 11 is 0. The van der Waals surface area contributed by atoms with Crippen molar-refractivity contribution in [3.8, 4) is 11.1 Å². The highest BCUT2D eigenvalue weighted by Gasteiger charge is 2.26. The first kappa shape index (κ1) is 24.3. The summed E-state index contributed by atoms with van der Waals surface area (Å²) in [5.41, 5.74) is 3.30. The van der Waals surface area contributed by atoms with Gasteiger partial charge in [-0.2, -0.15) is 4.98 Å². The molecule has 5 rings (SSSR count). The van der Waals surface area contributed by atoms with E-state index in [1.165, 1.54) is 4.52 Å². The Labute approximate surface area is 213 Å². The van der Waals surface area contributed by atoms with Gasteiger partial charge in [0.05, 0.1) is 6.10 Å². The summed E-state index contributed by atoms with van der Waals surface area (Å²) in [5, 5.41) is 9.73. The molecule has 1 saturated heterocycles. The lowest BCUT2D eigenvalue weighted by Crippen LogP contribution is -2.38. The van der Waals surface area contributed by atoms with E-state index in [1.54, 1.807) is 35.8 Å². The van der Waals surface area contributed by atoms with Gasteiger partial charge in [-0.25, -0.2) is 9.31 Å². The van der Waals surface area contributed by atoms with Crippen molar-refractivity contribution in [2.24, 2.45) is 0 Å². The molecular formula is C26H28N8O3. The van der Waals surface area contributed by atoms with Gasteiger partial charge in [-0.1, -0.05) is 6.07 Å². The largest absolute Gasteiger partial charge is 0.376 e. The lowest BCUT2D eigenvalue weighted by Gasteiger charge is -2.26. The van der Waals surface area contributed by atoms with Gasteiger partial charge in [0, 0.05) is 56.6 Å². The average molecular weight is 501 g/mol. The van der Waals surface area contributed by atoms with Crippen LogP contribution in [0.1, 0.15) is 35.8 Å². The van der Waals surface area contributed by atoms with E-state index in [-0.39, 0.29) is 18.0 Å². The lowest BCUT2D eigenvalue weighted by molar-refractivity contribution is 0.0501. The Bertz CT molecular complexity index is 1370. The molecule has 4 aromatic heterocycles. The van der Waals surface area contributed by atoms with Gasteiger partial charge in [-0.05, 0) is 61.2 Å². The molecule has 1 fully saturated rings. The summed E-state index contributed by atoms with van der Waals surface area (Å²) in [4.78, 5) is 40.7. The summed E-state index contributed by atoms with van der Waals surface area (Å²) in [6.45, 7) is 3.80. The van der Waals surface area contributed by atoms with E-state index in [0.717, 1.165) is 29.5 Å². The van der Waals surface area contributed by atoms with Crippen molar-refractivity contribution in [1.29, 1.82) is 0 Å². The number of pyridine rings is 3. The summed E-state index contributed by atoms with van der Waals surface area (Å²) in [5.74, 6) is -0.124. The Hall–Kier alpha value is -4.38. The van der Waals surface area contributed by atoms with Crippen molar-refractivity contribution >= 4 is 23.5 Å². The lowest BCUT2D eigenvalue weighted by atomic mass is 10.1. The van der Waals surface area contributed by atoms with Gasteiger partial charge in [0.25, 0.3) is 11.9 Å². The molecule has 0 aromatic carbocycles. The van der Waals surface area contributed by atoms with E-state index in [4.69, 9.17) is 4.74 Å². The van der Waals surface area contributed by atoms with Crippen molar-refractivity contribution in [3.05, 3.63) is 72.4 Å². The number of anilines is 1. The zero-order valence-corrected chi connectivity index (χ0v) is 20.5. The first-order valence-corrected chi connectivity index (χ1v) is 12.3. The number of urea groups is 1. The maximum absolute atomic E-state index is 14.1. The fourth-order valence-electron chi connectivity index (χ4n) is 4.32. The number of nitrogens with one attached hydrogen (secondary N) is 2. The number of hydrogen-bond donors (Lipinski definition) is 2. The van der Waals surface area contributed by atoms with Gasteiger partial charge < -0.3 is 15.0 Å². The molecule has 0 aliphatic carbocycles. The number of nitrogens with zero attached hydrogens (tertiary/aromatic N) is 6. The molecule has 1 aliphatic rings. The van der Waals surface area contributed by atoms with Crippen LogP contribution in [-0.2, 0) is 11.3 Å². The van der Waals surface area contributed by atoms with Gasteiger partial charge in [0.2, 0.25) is 0 Å². The highest BCUT2D eigenvalue weighted by Crippen LogP contribution is 2.24. The van der Waals surface area contributed by atoms with Gasteiger partial charge >= 0.3 is 6.03 Å². The minimum atomic E-state index is -0.420. The molecule has 1 unspecified atom stereocenters. The molecule has 4 aromatic rings. The Kier molecular flexibility index (Phi) is 7.31. The van der Waals surface area contributed by atoms with E-state index >= 15 is 0 Å². The first-order chi connectivity index (χ1) is 18.1. The number of aromatic nitrogens is 5. The quantitative estimate of drug-likeness (QED) is 0.381. The number of carbonyl (C=O) groups excluding carboxylic acids is 2. The molecule has 37 heavy (non-hydrogen) atoms. The molecule has 11 nitrogen and oxygen atoms in total. The Morgan fingerprint density at radius 3 is 2.73 bits per heavy atom. The maximum Gasteiger partial charge on any atom is 0.321 e. The van der Waals surface area contributed by atoms with E-state index in [9.17, 15) is 9.59 Å². The van der Waals surface area contributed by atoms with E-state index in [1.807, 2.05) is 37.3 Å². The fraction of sp³-hybridized carbons (Fsp3) is 0.308. The molecule has 0 radical (unpaired) electrons. The van der Waals surface area contributed by atoms with Crippen LogP contribution < -0.4 is 10.6 Å². The SMILES string of the molecule is CCNC(=O)Nc1nc2cc(-c3cccnc3)cc(C(=O)N(Cc3ccncc3)CC3CCCO3)n2n1. The van der Waals surface area contributed by atoms with Crippen LogP contribution in [0.15, 0.2) is 61.2 Å². The zero-order valence-electron chi connectivity index (χ0n) is 20.5. The third-order valence-corrected chi connectivity index (χ3v) is 6.07. The number of carbonyl (C=O) groups is 2. The fourth-order valence-corrected chi connectivity index (χ4v) is 4.32. The second-order valence-corrected chi connectivity index (χ2v) is 8.74. The van der Waals surface area contributed by atoms with Gasteiger partial charge in [0.15, 0.2) is 5.65 Å². The number of amides is 3. The molecule has 1 aliphatic heterocycles.